The molecule has 1 aromatic heterocycles. The molecule has 5 nitrogen and oxygen atoms in total. The summed E-state index contributed by atoms with van der Waals surface area (Å²) in [6, 6.07) is 16.2. The average Bonchev–Trinajstić information content (AvgIpc) is 2.71. The van der Waals surface area contributed by atoms with Crippen LogP contribution in [0.4, 0.5) is 0 Å². The largest absolute Gasteiger partial charge is 0.356 e. The van der Waals surface area contributed by atoms with Gasteiger partial charge in [-0.25, -0.2) is 0 Å². The summed E-state index contributed by atoms with van der Waals surface area (Å²) < 4.78 is 1.43. The van der Waals surface area contributed by atoms with Crippen molar-refractivity contribution in [2.75, 3.05) is 6.54 Å². The second-order valence-corrected chi connectivity index (χ2v) is 6.87. The summed E-state index contributed by atoms with van der Waals surface area (Å²) in [5.74, 6) is -0.354. The van der Waals surface area contributed by atoms with Gasteiger partial charge in [0, 0.05) is 30.5 Å². The third kappa shape index (κ3) is 4.19. The van der Waals surface area contributed by atoms with E-state index in [0.29, 0.717) is 23.2 Å². The van der Waals surface area contributed by atoms with Crippen molar-refractivity contribution in [1.82, 2.24) is 9.88 Å². The molecular formula is C23H24N2O3. The number of carbonyl (C=O) groups excluding carboxylic acids is 2. The Morgan fingerprint density at radius 2 is 1.75 bits per heavy atom. The molecule has 3 aromatic rings. The second kappa shape index (κ2) is 8.65. The molecule has 0 bridgehead atoms. The molecule has 1 N–H and O–H groups in total. The van der Waals surface area contributed by atoms with Gasteiger partial charge in [-0.3, -0.25) is 14.4 Å². The van der Waals surface area contributed by atoms with Gasteiger partial charge in [0.1, 0.15) is 0 Å². The first kappa shape index (κ1) is 19.5. The molecule has 0 aliphatic heterocycles. The number of hydrogen-bond donors (Lipinski definition) is 1. The van der Waals surface area contributed by atoms with Crippen LogP contribution in [0.5, 0.6) is 0 Å². The molecule has 1 amide bonds. The minimum Gasteiger partial charge on any atom is -0.356 e. The number of ketones is 1. The van der Waals surface area contributed by atoms with Gasteiger partial charge in [-0.1, -0.05) is 55.0 Å². The lowest BCUT2D eigenvalue weighted by molar-refractivity contribution is -0.121. The van der Waals surface area contributed by atoms with E-state index in [-0.39, 0.29) is 30.2 Å². The second-order valence-electron chi connectivity index (χ2n) is 6.87. The Morgan fingerprint density at radius 1 is 1.04 bits per heavy atom. The van der Waals surface area contributed by atoms with Crippen LogP contribution in [0.25, 0.3) is 10.8 Å². The van der Waals surface area contributed by atoms with E-state index in [9.17, 15) is 14.4 Å². The Balaban J connectivity index is 2.03. The molecule has 0 atom stereocenters. The average molecular weight is 376 g/mol. The number of amides is 1. The number of rotatable bonds is 7. The summed E-state index contributed by atoms with van der Waals surface area (Å²) in [7, 11) is 0. The van der Waals surface area contributed by atoms with Gasteiger partial charge in [0.25, 0.3) is 5.56 Å². The van der Waals surface area contributed by atoms with Crippen LogP contribution in [0, 0.1) is 6.92 Å². The topological polar surface area (TPSA) is 68.2 Å². The van der Waals surface area contributed by atoms with Gasteiger partial charge in [-0.2, -0.15) is 0 Å². The molecule has 0 unspecified atom stereocenters. The number of aryl methyl sites for hydroxylation is 1. The summed E-state index contributed by atoms with van der Waals surface area (Å²) in [6.45, 7) is 4.69. The van der Waals surface area contributed by atoms with Gasteiger partial charge >= 0.3 is 0 Å². The minimum atomic E-state index is -0.253. The maximum absolute atomic E-state index is 13.1. The lowest BCUT2D eigenvalue weighted by Crippen LogP contribution is -2.30. The summed E-state index contributed by atoms with van der Waals surface area (Å²) >= 11 is 0. The zero-order chi connectivity index (χ0) is 20.1. The van der Waals surface area contributed by atoms with Crippen LogP contribution < -0.4 is 10.9 Å². The van der Waals surface area contributed by atoms with Gasteiger partial charge in [-0.05, 0) is 30.9 Å². The Morgan fingerprint density at radius 3 is 2.46 bits per heavy atom. The highest BCUT2D eigenvalue weighted by Crippen LogP contribution is 2.16. The highest BCUT2D eigenvalue weighted by atomic mass is 16.2. The van der Waals surface area contributed by atoms with Crippen LogP contribution in [-0.2, 0) is 11.3 Å². The Hall–Kier alpha value is -3.21. The molecule has 0 aliphatic rings. The number of nitrogens with one attached hydrogen (secondary N) is 1. The maximum Gasteiger partial charge on any atom is 0.259 e. The fraction of sp³-hybridized carbons (Fsp3) is 0.261. The van der Waals surface area contributed by atoms with E-state index in [1.165, 1.54) is 4.57 Å². The Labute approximate surface area is 164 Å². The number of nitrogens with zero attached hydrogens (tertiary/aromatic N) is 1. The van der Waals surface area contributed by atoms with E-state index in [1.54, 1.807) is 30.3 Å². The number of fused-ring (bicyclic) bond motifs is 1. The van der Waals surface area contributed by atoms with Crippen molar-refractivity contribution < 1.29 is 9.59 Å². The van der Waals surface area contributed by atoms with Crippen LogP contribution in [-0.4, -0.2) is 22.8 Å². The third-order valence-corrected chi connectivity index (χ3v) is 4.70. The van der Waals surface area contributed by atoms with Crippen molar-refractivity contribution in [1.29, 1.82) is 0 Å². The molecule has 144 valence electrons. The summed E-state index contributed by atoms with van der Waals surface area (Å²) in [6.07, 6.45) is 0.991. The monoisotopic (exact) mass is 376 g/mol. The Kier molecular flexibility index (Phi) is 6.04. The van der Waals surface area contributed by atoms with Gasteiger partial charge in [0.15, 0.2) is 0 Å². The molecule has 0 aliphatic carbocycles. The van der Waals surface area contributed by atoms with E-state index in [1.807, 2.05) is 38.1 Å². The van der Waals surface area contributed by atoms with Crippen LogP contribution in [0.2, 0.25) is 0 Å². The molecule has 3 rings (SSSR count). The van der Waals surface area contributed by atoms with E-state index in [2.05, 4.69) is 5.32 Å². The van der Waals surface area contributed by atoms with Crippen molar-refractivity contribution in [2.24, 2.45) is 0 Å². The molecule has 0 radical (unpaired) electrons. The highest BCUT2D eigenvalue weighted by Gasteiger charge is 2.18. The first-order valence-electron chi connectivity index (χ1n) is 9.52. The normalized spacial score (nSPS) is 10.8. The summed E-state index contributed by atoms with van der Waals surface area (Å²) in [5.41, 5.74) is 1.62. The summed E-state index contributed by atoms with van der Waals surface area (Å²) in [5, 5.41) is 4.06. The minimum absolute atomic E-state index is 0.129. The summed E-state index contributed by atoms with van der Waals surface area (Å²) in [4.78, 5) is 38.2. The van der Waals surface area contributed by atoms with Crippen LogP contribution in [0.15, 0.2) is 59.4 Å². The zero-order valence-electron chi connectivity index (χ0n) is 16.2. The van der Waals surface area contributed by atoms with Gasteiger partial charge in [0.2, 0.25) is 11.7 Å². The fourth-order valence-electron chi connectivity index (χ4n) is 3.13. The highest BCUT2D eigenvalue weighted by molar-refractivity contribution is 6.09. The fourth-order valence-corrected chi connectivity index (χ4v) is 3.13. The lowest BCUT2D eigenvalue weighted by Gasteiger charge is -2.14. The van der Waals surface area contributed by atoms with E-state index < -0.39 is 0 Å². The molecule has 2 aromatic carbocycles. The number of hydrogen-bond acceptors (Lipinski definition) is 3. The molecule has 1 heterocycles. The van der Waals surface area contributed by atoms with Crippen molar-refractivity contribution in [3.8, 4) is 0 Å². The SMILES string of the molecule is CCCNC(=O)CCn1c(C(=O)c2ccc(C)cc2)cc2ccccc2c1=O. The molecule has 28 heavy (non-hydrogen) atoms. The zero-order valence-corrected chi connectivity index (χ0v) is 16.2. The van der Waals surface area contributed by atoms with Crippen molar-refractivity contribution in [3.05, 3.63) is 81.8 Å². The predicted molar refractivity (Wildman–Crippen MR) is 111 cm³/mol. The maximum atomic E-state index is 13.1. The molecule has 0 spiro atoms. The van der Waals surface area contributed by atoms with Crippen molar-refractivity contribution in [3.63, 3.8) is 0 Å². The smallest absolute Gasteiger partial charge is 0.259 e. The van der Waals surface area contributed by atoms with Gasteiger partial charge < -0.3 is 9.88 Å². The predicted octanol–water partition coefficient (Wildman–Crippen LogP) is 3.46. The van der Waals surface area contributed by atoms with E-state index in [0.717, 1.165) is 17.4 Å². The standard InChI is InChI=1S/C23H24N2O3/c1-3-13-24-21(26)12-14-25-20(22(27)17-10-8-16(2)9-11-17)15-18-6-4-5-7-19(18)23(25)28/h4-11,15H,3,12-14H2,1-2H3,(H,24,26). The molecular weight excluding hydrogens is 352 g/mol. The third-order valence-electron chi connectivity index (χ3n) is 4.70. The molecule has 0 fully saturated rings. The lowest BCUT2D eigenvalue weighted by atomic mass is 10.0. The number of benzene rings is 2. The van der Waals surface area contributed by atoms with Crippen LogP contribution >= 0.6 is 0 Å². The first-order valence-corrected chi connectivity index (χ1v) is 9.52. The van der Waals surface area contributed by atoms with Gasteiger partial charge in [0.05, 0.1) is 5.69 Å². The van der Waals surface area contributed by atoms with E-state index in [4.69, 9.17) is 0 Å². The number of pyridine rings is 1. The molecule has 0 saturated carbocycles. The first-order chi connectivity index (χ1) is 13.5. The quantitative estimate of drug-likeness (QED) is 0.642. The molecule has 0 saturated heterocycles. The number of carbonyl (C=O) groups is 2. The van der Waals surface area contributed by atoms with Crippen LogP contribution in [0.3, 0.4) is 0 Å². The van der Waals surface area contributed by atoms with Crippen molar-refractivity contribution >= 4 is 22.5 Å². The molecule has 5 heteroatoms. The Bertz CT molecular complexity index is 1070. The van der Waals surface area contributed by atoms with Crippen LogP contribution in [0.1, 0.15) is 41.4 Å². The van der Waals surface area contributed by atoms with Gasteiger partial charge in [-0.15, -0.1) is 0 Å². The van der Waals surface area contributed by atoms with Crippen molar-refractivity contribution in [2.45, 2.75) is 33.2 Å². The van der Waals surface area contributed by atoms with E-state index >= 15 is 0 Å². The number of aromatic nitrogens is 1.